The van der Waals surface area contributed by atoms with Crippen LogP contribution in [0.3, 0.4) is 0 Å². The first-order valence-corrected chi connectivity index (χ1v) is 5.37. The third-order valence-corrected chi connectivity index (χ3v) is 3.05. The van der Waals surface area contributed by atoms with E-state index in [1.165, 1.54) is 23.1 Å². The van der Waals surface area contributed by atoms with Gasteiger partial charge in [0.2, 0.25) is 0 Å². The van der Waals surface area contributed by atoms with Crippen LogP contribution in [0.15, 0.2) is 18.2 Å². The lowest BCUT2D eigenvalue weighted by Crippen LogP contribution is -2.34. The molecule has 1 aromatic rings. The molecule has 0 bridgehead atoms. The second-order valence-corrected chi connectivity index (χ2v) is 4.00. The van der Waals surface area contributed by atoms with Gasteiger partial charge >= 0.3 is 0 Å². The average molecular weight is 190 g/mol. The fraction of sp³-hybridized carbons (Fsp3) is 0.500. The number of rotatable bonds is 2. The summed E-state index contributed by atoms with van der Waals surface area (Å²) in [5.41, 5.74) is 9.81. The summed E-state index contributed by atoms with van der Waals surface area (Å²) in [6, 6.07) is 7.25. The summed E-state index contributed by atoms with van der Waals surface area (Å²) in [6.07, 6.45) is 2.35. The molecule has 0 amide bonds. The molecule has 0 fully saturated rings. The maximum absolute atomic E-state index is 5.63. The smallest absolute Gasteiger partial charge is 0.0210 e. The Morgan fingerprint density at radius 1 is 1.43 bits per heavy atom. The van der Waals surface area contributed by atoms with Crippen LogP contribution in [0.4, 0.5) is 0 Å². The first-order valence-electron chi connectivity index (χ1n) is 5.37. The van der Waals surface area contributed by atoms with Crippen LogP contribution >= 0.6 is 0 Å². The molecule has 1 atom stereocenters. The normalized spacial score (nSPS) is 20.6. The van der Waals surface area contributed by atoms with E-state index in [1.807, 2.05) is 0 Å². The quantitative estimate of drug-likeness (QED) is 0.743. The molecule has 1 unspecified atom stereocenters. The topological polar surface area (TPSA) is 38.0 Å². The molecule has 0 saturated carbocycles. The molecule has 2 nitrogen and oxygen atoms in total. The fourth-order valence-electron chi connectivity index (χ4n) is 2.05. The molecule has 0 aromatic heterocycles. The van der Waals surface area contributed by atoms with Crippen molar-refractivity contribution in [2.75, 3.05) is 0 Å². The van der Waals surface area contributed by atoms with Crippen LogP contribution in [0, 0.1) is 0 Å². The van der Waals surface area contributed by atoms with Crippen molar-refractivity contribution in [1.82, 2.24) is 5.32 Å². The van der Waals surface area contributed by atoms with Crippen molar-refractivity contribution >= 4 is 0 Å². The zero-order valence-electron chi connectivity index (χ0n) is 8.72. The monoisotopic (exact) mass is 190 g/mol. The van der Waals surface area contributed by atoms with Gasteiger partial charge in [-0.3, -0.25) is 0 Å². The first kappa shape index (κ1) is 9.69. The summed E-state index contributed by atoms with van der Waals surface area (Å²) >= 11 is 0. The zero-order valence-corrected chi connectivity index (χ0v) is 8.72. The maximum Gasteiger partial charge on any atom is 0.0210 e. The molecular formula is C12H18N2. The van der Waals surface area contributed by atoms with Gasteiger partial charge in [0, 0.05) is 19.1 Å². The van der Waals surface area contributed by atoms with E-state index in [0.29, 0.717) is 12.6 Å². The molecule has 14 heavy (non-hydrogen) atoms. The van der Waals surface area contributed by atoms with Gasteiger partial charge in [-0.15, -0.1) is 0 Å². The van der Waals surface area contributed by atoms with Crippen LogP contribution in [-0.4, -0.2) is 6.04 Å². The zero-order chi connectivity index (χ0) is 9.97. The van der Waals surface area contributed by atoms with Crippen molar-refractivity contribution in [3.8, 4) is 0 Å². The van der Waals surface area contributed by atoms with Gasteiger partial charge < -0.3 is 11.1 Å². The van der Waals surface area contributed by atoms with E-state index in [4.69, 9.17) is 5.73 Å². The number of hydrogen-bond acceptors (Lipinski definition) is 2. The highest BCUT2D eigenvalue weighted by Crippen LogP contribution is 2.19. The van der Waals surface area contributed by atoms with E-state index in [1.54, 1.807) is 0 Å². The van der Waals surface area contributed by atoms with Crippen molar-refractivity contribution in [2.45, 2.75) is 38.9 Å². The van der Waals surface area contributed by atoms with E-state index in [0.717, 1.165) is 13.0 Å². The van der Waals surface area contributed by atoms with Gasteiger partial charge in [-0.05, 0) is 29.5 Å². The van der Waals surface area contributed by atoms with Crippen LogP contribution in [0.25, 0.3) is 0 Å². The molecule has 76 valence electrons. The number of benzene rings is 1. The number of nitrogens with two attached hydrogens (primary N) is 1. The van der Waals surface area contributed by atoms with Crippen molar-refractivity contribution in [2.24, 2.45) is 5.73 Å². The van der Waals surface area contributed by atoms with Crippen LogP contribution in [0.2, 0.25) is 0 Å². The number of hydrogen-bond donors (Lipinski definition) is 2. The third kappa shape index (κ3) is 1.81. The molecule has 3 N–H and O–H groups in total. The Morgan fingerprint density at radius 2 is 2.29 bits per heavy atom. The molecule has 0 aliphatic carbocycles. The van der Waals surface area contributed by atoms with Crippen LogP contribution < -0.4 is 11.1 Å². The van der Waals surface area contributed by atoms with E-state index < -0.39 is 0 Å². The van der Waals surface area contributed by atoms with Gasteiger partial charge in [-0.25, -0.2) is 0 Å². The second kappa shape index (κ2) is 4.11. The lowest BCUT2D eigenvalue weighted by atomic mass is 9.93. The Kier molecular flexibility index (Phi) is 2.85. The van der Waals surface area contributed by atoms with Crippen LogP contribution in [-0.2, 0) is 19.5 Å². The summed E-state index contributed by atoms with van der Waals surface area (Å²) in [6.45, 7) is 3.89. The van der Waals surface area contributed by atoms with Crippen molar-refractivity contribution in [3.63, 3.8) is 0 Å². The number of fused-ring (bicyclic) bond motifs is 1. The van der Waals surface area contributed by atoms with E-state index in [9.17, 15) is 0 Å². The Morgan fingerprint density at radius 3 is 3.00 bits per heavy atom. The van der Waals surface area contributed by atoms with E-state index >= 15 is 0 Å². The molecule has 0 spiro atoms. The third-order valence-electron chi connectivity index (χ3n) is 3.05. The summed E-state index contributed by atoms with van der Waals surface area (Å²) < 4.78 is 0. The second-order valence-electron chi connectivity index (χ2n) is 4.00. The maximum atomic E-state index is 5.63. The molecule has 1 aliphatic rings. The largest absolute Gasteiger partial charge is 0.326 e. The summed E-state index contributed by atoms with van der Waals surface area (Å²) in [5, 5.41) is 3.53. The molecule has 0 saturated heterocycles. The van der Waals surface area contributed by atoms with Crippen molar-refractivity contribution < 1.29 is 0 Å². The lowest BCUT2D eigenvalue weighted by Gasteiger charge is -2.25. The molecule has 1 aliphatic heterocycles. The predicted molar refractivity (Wildman–Crippen MR) is 59.0 cm³/mol. The van der Waals surface area contributed by atoms with Gasteiger partial charge in [0.1, 0.15) is 0 Å². The van der Waals surface area contributed by atoms with Gasteiger partial charge in [0.05, 0.1) is 0 Å². The van der Waals surface area contributed by atoms with Crippen LogP contribution in [0.1, 0.15) is 30.0 Å². The molecule has 0 radical (unpaired) electrons. The van der Waals surface area contributed by atoms with Gasteiger partial charge in [-0.2, -0.15) is 0 Å². The Labute approximate surface area is 85.5 Å². The highest BCUT2D eigenvalue weighted by molar-refractivity contribution is 5.34. The van der Waals surface area contributed by atoms with Crippen LogP contribution in [0.5, 0.6) is 0 Å². The molecule has 2 heteroatoms. The fourth-order valence-corrected chi connectivity index (χ4v) is 2.05. The van der Waals surface area contributed by atoms with Gasteiger partial charge in [-0.1, -0.05) is 25.1 Å². The minimum Gasteiger partial charge on any atom is -0.326 e. The van der Waals surface area contributed by atoms with E-state index in [2.05, 4.69) is 30.4 Å². The predicted octanol–water partition coefficient (Wildman–Crippen LogP) is 1.57. The van der Waals surface area contributed by atoms with Gasteiger partial charge in [0.25, 0.3) is 0 Å². The van der Waals surface area contributed by atoms with Crippen molar-refractivity contribution in [1.29, 1.82) is 0 Å². The molecule has 1 heterocycles. The minimum absolute atomic E-state index is 0.649. The lowest BCUT2D eigenvalue weighted by molar-refractivity contribution is 0.467. The minimum atomic E-state index is 0.649. The Balaban J connectivity index is 2.25. The van der Waals surface area contributed by atoms with E-state index in [-0.39, 0.29) is 0 Å². The first-order chi connectivity index (χ1) is 6.83. The molecule has 2 rings (SSSR count). The average Bonchev–Trinajstić information content (AvgIpc) is 2.27. The highest BCUT2D eigenvalue weighted by Gasteiger charge is 2.15. The van der Waals surface area contributed by atoms with Crippen molar-refractivity contribution in [3.05, 3.63) is 34.9 Å². The summed E-state index contributed by atoms with van der Waals surface area (Å²) in [5.74, 6) is 0. The highest BCUT2D eigenvalue weighted by atomic mass is 14.9. The SMILES string of the molecule is CCC1Cc2cc(CN)ccc2CN1. The summed E-state index contributed by atoms with van der Waals surface area (Å²) in [4.78, 5) is 0. The summed E-state index contributed by atoms with van der Waals surface area (Å²) in [7, 11) is 0. The number of nitrogens with one attached hydrogen (secondary N) is 1. The Bertz CT molecular complexity index is 320. The van der Waals surface area contributed by atoms with Gasteiger partial charge in [0.15, 0.2) is 0 Å². The molecular weight excluding hydrogens is 172 g/mol. The standard InChI is InChI=1S/C12H18N2/c1-2-12-6-11-5-9(7-13)3-4-10(11)8-14-12/h3-5,12,14H,2,6-8,13H2,1H3. The molecule has 1 aromatic carbocycles. The Hall–Kier alpha value is -0.860.